The molecule has 104 valence electrons. The summed E-state index contributed by atoms with van der Waals surface area (Å²) < 4.78 is 2.18. The molecule has 0 spiro atoms. The Morgan fingerprint density at radius 1 is 0.895 bits per heavy atom. The zero-order chi connectivity index (χ0) is 13.3. The summed E-state index contributed by atoms with van der Waals surface area (Å²) >= 11 is 0. The molecule has 0 aliphatic rings. The third-order valence-corrected chi connectivity index (χ3v) is 3.55. The van der Waals surface area contributed by atoms with Gasteiger partial charge in [0.25, 0.3) is 0 Å². The van der Waals surface area contributed by atoms with Gasteiger partial charge in [0.15, 0.2) is 0 Å². The van der Waals surface area contributed by atoms with Crippen molar-refractivity contribution in [1.29, 1.82) is 0 Å². The Kier molecular flexibility index (Phi) is 4.99. The summed E-state index contributed by atoms with van der Waals surface area (Å²) in [5.74, 6) is 1.14. The van der Waals surface area contributed by atoms with Crippen molar-refractivity contribution in [2.75, 3.05) is 0 Å². The minimum Gasteiger partial charge on any atom is -0.351 e. The van der Waals surface area contributed by atoms with Gasteiger partial charge in [-0.25, -0.2) is 0 Å². The molecule has 2 aromatic rings. The van der Waals surface area contributed by atoms with Crippen LogP contribution >= 0.6 is 0 Å². The largest absolute Gasteiger partial charge is 0.351 e. The summed E-state index contributed by atoms with van der Waals surface area (Å²) in [5.41, 5.74) is 5.48. The molecule has 0 fully saturated rings. The highest BCUT2D eigenvalue weighted by molar-refractivity contribution is 5.63. The first-order chi connectivity index (χ1) is 8.49. The molecule has 0 N–H and O–H groups in total. The zero-order valence-electron chi connectivity index (χ0n) is 12.1. The molecule has 0 amide bonds. The van der Waals surface area contributed by atoms with Crippen LogP contribution in [0.15, 0.2) is 36.5 Å². The molecular weight excluding hydrogens is 230 g/mol. The summed E-state index contributed by atoms with van der Waals surface area (Å²) in [6, 6.07) is 11.3. The van der Waals surface area contributed by atoms with Gasteiger partial charge in [-0.2, -0.15) is 0 Å². The molecule has 0 saturated carbocycles. The van der Waals surface area contributed by atoms with E-state index in [1.807, 2.05) is 0 Å². The molecular formula is C18H27N. The third-order valence-electron chi connectivity index (χ3n) is 3.55. The second-order valence-corrected chi connectivity index (χ2v) is 5.70. The molecule has 0 radical (unpaired) electrons. The molecule has 19 heavy (non-hydrogen) atoms. The topological polar surface area (TPSA) is 4.93 Å². The lowest BCUT2D eigenvalue weighted by molar-refractivity contribution is 0.833. The van der Waals surface area contributed by atoms with Crippen LogP contribution in [0, 0.1) is 0 Å². The number of hydrogen-bond donors (Lipinski definition) is 0. The van der Waals surface area contributed by atoms with E-state index in [1.165, 1.54) is 22.4 Å². The number of aryl methyl sites for hydroxylation is 1. The van der Waals surface area contributed by atoms with Gasteiger partial charge in [-0.15, -0.1) is 0 Å². The number of benzene rings is 1. The maximum absolute atomic E-state index is 2.35. The van der Waals surface area contributed by atoms with E-state index in [0.717, 1.165) is 0 Å². The predicted molar refractivity (Wildman–Crippen MR) is 85.8 cm³/mol. The van der Waals surface area contributed by atoms with E-state index in [2.05, 4.69) is 75.8 Å². The van der Waals surface area contributed by atoms with Crippen LogP contribution in [0.5, 0.6) is 0 Å². The Hall–Kier alpha value is -1.50. The molecule has 1 aromatic heterocycles. The third kappa shape index (κ3) is 3.28. The molecule has 1 heteroatoms. The van der Waals surface area contributed by atoms with Crippen molar-refractivity contribution < 1.29 is 0 Å². The lowest BCUT2D eigenvalue weighted by atomic mass is 9.92. The smallest absolute Gasteiger partial charge is 0.0477 e. The van der Waals surface area contributed by atoms with Gasteiger partial charge in [0.2, 0.25) is 0 Å². The summed E-state index contributed by atoms with van der Waals surface area (Å²) in [6.07, 6.45) is 2.10. The van der Waals surface area contributed by atoms with E-state index >= 15 is 0 Å². The van der Waals surface area contributed by atoms with Crippen molar-refractivity contribution in [1.82, 2.24) is 4.57 Å². The van der Waals surface area contributed by atoms with Crippen molar-refractivity contribution in [2.24, 2.45) is 7.05 Å². The minimum absolute atomic E-state index is 0. The molecule has 0 aliphatic carbocycles. The summed E-state index contributed by atoms with van der Waals surface area (Å²) in [5, 5.41) is 0. The highest BCUT2D eigenvalue weighted by Gasteiger charge is 2.09. The first-order valence-corrected chi connectivity index (χ1v) is 6.75. The van der Waals surface area contributed by atoms with E-state index in [-0.39, 0.29) is 7.43 Å². The molecule has 0 bridgehead atoms. The van der Waals surface area contributed by atoms with E-state index in [0.29, 0.717) is 11.8 Å². The Morgan fingerprint density at radius 3 is 1.79 bits per heavy atom. The number of rotatable bonds is 3. The van der Waals surface area contributed by atoms with Crippen LogP contribution < -0.4 is 0 Å². The fourth-order valence-corrected chi connectivity index (χ4v) is 2.25. The monoisotopic (exact) mass is 257 g/mol. The Morgan fingerprint density at radius 2 is 1.42 bits per heavy atom. The average molecular weight is 257 g/mol. The van der Waals surface area contributed by atoms with Gasteiger partial charge in [-0.05, 0) is 52.8 Å². The van der Waals surface area contributed by atoms with Crippen molar-refractivity contribution in [3.05, 3.63) is 47.7 Å². The fourth-order valence-electron chi connectivity index (χ4n) is 2.25. The van der Waals surface area contributed by atoms with Crippen molar-refractivity contribution in [2.45, 2.75) is 47.0 Å². The molecule has 0 atom stereocenters. The van der Waals surface area contributed by atoms with E-state index in [1.54, 1.807) is 0 Å². The van der Waals surface area contributed by atoms with Crippen LogP contribution in [0.1, 0.15) is 58.1 Å². The van der Waals surface area contributed by atoms with Gasteiger partial charge in [0, 0.05) is 18.9 Å². The van der Waals surface area contributed by atoms with Gasteiger partial charge < -0.3 is 4.57 Å². The van der Waals surface area contributed by atoms with Gasteiger partial charge in [-0.1, -0.05) is 41.2 Å². The summed E-state index contributed by atoms with van der Waals surface area (Å²) in [6.45, 7) is 9.03. The van der Waals surface area contributed by atoms with Gasteiger partial charge in [-0.3, -0.25) is 0 Å². The minimum atomic E-state index is 0. The van der Waals surface area contributed by atoms with Crippen LogP contribution in [0.4, 0.5) is 0 Å². The molecule has 1 heterocycles. The lowest BCUT2D eigenvalue weighted by Crippen LogP contribution is -1.97. The van der Waals surface area contributed by atoms with Gasteiger partial charge in [0.05, 0.1) is 0 Å². The number of hydrogen-bond acceptors (Lipinski definition) is 0. The quantitative estimate of drug-likeness (QED) is 0.677. The molecule has 0 unspecified atom stereocenters. The Balaban J connectivity index is 0.00000180. The molecule has 1 aromatic carbocycles. The molecule has 0 aliphatic heterocycles. The standard InChI is InChI=1S/C17H23N.CH4/c1-12(2)14-9-15(13(3)4)11-16(10-14)17-7-6-8-18(17)5;/h6-13H,1-5H3;1H4. The van der Waals surface area contributed by atoms with Crippen LogP contribution in [-0.2, 0) is 7.05 Å². The second kappa shape index (κ2) is 6.10. The Bertz CT molecular complexity index is 506. The van der Waals surface area contributed by atoms with E-state index in [4.69, 9.17) is 0 Å². The van der Waals surface area contributed by atoms with Crippen molar-refractivity contribution >= 4 is 0 Å². The van der Waals surface area contributed by atoms with E-state index < -0.39 is 0 Å². The highest BCUT2D eigenvalue weighted by atomic mass is 14.9. The average Bonchev–Trinajstić information content (AvgIpc) is 2.74. The fraction of sp³-hybridized carbons (Fsp3) is 0.444. The van der Waals surface area contributed by atoms with Crippen LogP contribution in [0.2, 0.25) is 0 Å². The SMILES string of the molecule is C.CC(C)c1cc(-c2cccn2C)cc(C(C)C)c1. The van der Waals surface area contributed by atoms with Crippen molar-refractivity contribution in [3.63, 3.8) is 0 Å². The first-order valence-electron chi connectivity index (χ1n) is 6.75. The Labute approximate surface area is 118 Å². The zero-order valence-corrected chi connectivity index (χ0v) is 12.1. The second-order valence-electron chi connectivity index (χ2n) is 5.70. The van der Waals surface area contributed by atoms with Crippen LogP contribution in [0.3, 0.4) is 0 Å². The van der Waals surface area contributed by atoms with E-state index in [9.17, 15) is 0 Å². The van der Waals surface area contributed by atoms with Gasteiger partial charge in [0.1, 0.15) is 0 Å². The summed E-state index contributed by atoms with van der Waals surface area (Å²) in [7, 11) is 2.10. The predicted octanol–water partition coefficient (Wildman–Crippen LogP) is 5.58. The lowest BCUT2D eigenvalue weighted by Gasteiger charge is -2.15. The van der Waals surface area contributed by atoms with Gasteiger partial charge >= 0.3 is 0 Å². The van der Waals surface area contributed by atoms with Crippen molar-refractivity contribution in [3.8, 4) is 11.3 Å². The normalized spacial score (nSPS) is 10.9. The molecule has 0 saturated heterocycles. The number of aromatic nitrogens is 1. The molecule has 2 rings (SSSR count). The maximum Gasteiger partial charge on any atom is 0.0477 e. The number of nitrogens with zero attached hydrogens (tertiary/aromatic N) is 1. The summed E-state index contributed by atoms with van der Waals surface area (Å²) in [4.78, 5) is 0. The molecule has 1 nitrogen and oxygen atoms in total. The maximum atomic E-state index is 2.35. The first kappa shape index (κ1) is 15.6. The highest BCUT2D eigenvalue weighted by Crippen LogP contribution is 2.29. The van der Waals surface area contributed by atoms with Crippen LogP contribution in [-0.4, -0.2) is 4.57 Å². The van der Waals surface area contributed by atoms with Crippen LogP contribution in [0.25, 0.3) is 11.3 Å².